The zero-order valence-corrected chi connectivity index (χ0v) is 18.2. The lowest BCUT2D eigenvalue weighted by Crippen LogP contribution is -2.53. The summed E-state index contributed by atoms with van der Waals surface area (Å²) >= 11 is 0. The highest BCUT2D eigenvalue weighted by Crippen LogP contribution is 2.39. The number of sulfonamides is 1. The van der Waals surface area contributed by atoms with Gasteiger partial charge in [-0.15, -0.1) is 0 Å². The number of fused-ring (bicyclic) bond motifs is 1. The number of hydrogen-bond acceptors (Lipinski definition) is 6. The fourth-order valence-corrected chi connectivity index (χ4v) is 5.79. The maximum atomic E-state index is 13.0. The molecule has 0 unspecified atom stereocenters. The normalized spacial score (nSPS) is 24.1. The molecule has 8 nitrogen and oxygen atoms in total. The minimum Gasteiger partial charge on any atom is -0.463 e. The fraction of sp³-hybridized carbons (Fsp3) is 0.476. The molecule has 2 saturated heterocycles. The first-order chi connectivity index (χ1) is 15.6. The van der Waals surface area contributed by atoms with E-state index in [0.717, 1.165) is 41.0 Å². The molecule has 12 heteroatoms. The van der Waals surface area contributed by atoms with Gasteiger partial charge in [-0.1, -0.05) is 6.07 Å². The van der Waals surface area contributed by atoms with Gasteiger partial charge in [0.05, 0.1) is 28.5 Å². The van der Waals surface area contributed by atoms with Crippen LogP contribution in [0.3, 0.4) is 0 Å². The molecule has 1 aromatic heterocycles. The van der Waals surface area contributed by atoms with Crippen LogP contribution < -0.4 is 4.74 Å². The second-order valence-corrected chi connectivity index (χ2v) is 10.4. The molecule has 33 heavy (non-hydrogen) atoms. The maximum Gasteiger partial charge on any atom is 0.416 e. The van der Waals surface area contributed by atoms with E-state index in [-0.39, 0.29) is 37.8 Å². The van der Waals surface area contributed by atoms with Gasteiger partial charge < -0.3 is 9.64 Å². The van der Waals surface area contributed by atoms with Crippen LogP contribution in [0.5, 0.6) is 5.88 Å². The van der Waals surface area contributed by atoms with Crippen molar-refractivity contribution in [3.8, 4) is 5.88 Å². The minimum atomic E-state index is -4.65. The van der Waals surface area contributed by atoms with Crippen molar-refractivity contribution in [3.63, 3.8) is 0 Å². The van der Waals surface area contributed by atoms with Crippen molar-refractivity contribution in [2.75, 3.05) is 19.6 Å². The topological polar surface area (TPSA) is 92.7 Å². The van der Waals surface area contributed by atoms with Crippen LogP contribution in [0.25, 0.3) is 0 Å². The summed E-state index contributed by atoms with van der Waals surface area (Å²) in [5.74, 6) is 0.411. The SMILES string of the molecule is O=C1[C@@H](Oc2cnc(C3CC3)cn2)C[C@@H]2CN(S(=O)(=O)c3cccc(C(F)(F)F)c3)CCN12. The number of hydrogen-bond donors (Lipinski definition) is 0. The molecule has 0 bridgehead atoms. The third-order valence-corrected chi connectivity index (χ3v) is 8.06. The zero-order valence-electron chi connectivity index (χ0n) is 17.4. The van der Waals surface area contributed by atoms with Crippen molar-refractivity contribution in [1.82, 2.24) is 19.2 Å². The molecule has 0 radical (unpaired) electrons. The standard InChI is InChI=1S/C21H21F3N4O4S/c22-21(23,24)14-2-1-3-16(8-14)33(30,31)27-6-7-28-15(12-27)9-18(20(28)29)32-19-11-25-17(10-26-19)13-4-5-13/h1-3,8,10-11,13,15,18H,4-7,9,12H2/t15-,18+/m1/s1. The van der Waals surface area contributed by atoms with E-state index in [2.05, 4.69) is 9.97 Å². The Hall–Kier alpha value is -2.73. The van der Waals surface area contributed by atoms with Crippen LogP contribution in [0.2, 0.25) is 0 Å². The lowest BCUT2D eigenvalue weighted by Gasteiger charge is -2.36. The van der Waals surface area contributed by atoms with E-state index in [1.807, 2.05) is 0 Å². The van der Waals surface area contributed by atoms with E-state index in [4.69, 9.17) is 4.74 Å². The summed E-state index contributed by atoms with van der Waals surface area (Å²) in [6.07, 6.45) is 0.101. The summed E-state index contributed by atoms with van der Waals surface area (Å²) in [7, 11) is -4.15. The van der Waals surface area contributed by atoms with E-state index in [1.54, 1.807) is 11.1 Å². The van der Waals surface area contributed by atoms with Crippen LogP contribution in [-0.4, -0.2) is 65.3 Å². The van der Waals surface area contributed by atoms with Crippen LogP contribution in [0.1, 0.15) is 36.4 Å². The van der Waals surface area contributed by atoms with E-state index < -0.39 is 38.8 Å². The molecule has 0 N–H and O–H groups in total. The molecule has 2 aliphatic heterocycles. The third-order valence-electron chi connectivity index (χ3n) is 6.20. The summed E-state index contributed by atoms with van der Waals surface area (Å²) in [6.45, 7) is 0.105. The summed E-state index contributed by atoms with van der Waals surface area (Å²) in [5, 5.41) is 0. The monoisotopic (exact) mass is 482 g/mol. The van der Waals surface area contributed by atoms with Gasteiger partial charge in [-0.2, -0.15) is 17.5 Å². The first-order valence-corrected chi connectivity index (χ1v) is 12.0. The van der Waals surface area contributed by atoms with Crippen molar-refractivity contribution in [1.29, 1.82) is 0 Å². The van der Waals surface area contributed by atoms with Crippen LogP contribution in [0.4, 0.5) is 13.2 Å². The Balaban J connectivity index is 1.28. The number of rotatable bonds is 5. The Kier molecular flexibility index (Phi) is 5.31. The summed E-state index contributed by atoms with van der Waals surface area (Å²) in [5.41, 5.74) is -0.131. The van der Waals surface area contributed by atoms with Gasteiger partial charge in [0, 0.05) is 38.0 Å². The number of carbonyl (C=O) groups excluding carboxylic acids is 1. The third kappa shape index (κ3) is 4.29. The minimum absolute atomic E-state index is 0.0105. The quantitative estimate of drug-likeness (QED) is 0.650. The Morgan fingerprint density at radius 1 is 1.09 bits per heavy atom. The zero-order chi connectivity index (χ0) is 23.4. The Bertz CT molecular complexity index is 1170. The molecular formula is C21H21F3N4O4S. The number of ether oxygens (including phenoxy) is 1. The molecule has 3 aliphatic rings. The van der Waals surface area contributed by atoms with E-state index in [1.165, 1.54) is 6.20 Å². The molecule has 5 rings (SSSR count). The summed E-state index contributed by atoms with van der Waals surface area (Å²) in [4.78, 5) is 22.5. The number of amides is 1. The highest BCUT2D eigenvalue weighted by Gasteiger charge is 2.46. The number of piperazine rings is 1. The number of benzene rings is 1. The van der Waals surface area contributed by atoms with Gasteiger partial charge >= 0.3 is 6.18 Å². The number of carbonyl (C=O) groups is 1. The fourth-order valence-electron chi connectivity index (χ4n) is 4.27. The summed E-state index contributed by atoms with van der Waals surface area (Å²) in [6, 6.07) is 3.25. The molecule has 176 valence electrons. The van der Waals surface area contributed by atoms with Crippen molar-refractivity contribution in [2.45, 2.75) is 48.4 Å². The second kappa shape index (κ2) is 7.94. The van der Waals surface area contributed by atoms with Crippen LogP contribution in [-0.2, 0) is 21.0 Å². The summed E-state index contributed by atoms with van der Waals surface area (Å²) < 4.78 is 72.0. The molecule has 1 aliphatic carbocycles. The van der Waals surface area contributed by atoms with Crippen LogP contribution >= 0.6 is 0 Å². The van der Waals surface area contributed by atoms with Crippen LogP contribution in [0.15, 0.2) is 41.6 Å². The Morgan fingerprint density at radius 2 is 1.88 bits per heavy atom. The molecule has 0 spiro atoms. The van der Waals surface area contributed by atoms with Crippen molar-refractivity contribution in [2.24, 2.45) is 0 Å². The van der Waals surface area contributed by atoms with Gasteiger partial charge in [-0.05, 0) is 31.0 Å². The van der Waals surface area contributed by atoms with Crippen LogP contribution in [0, 0.1) is 0 Å². The van der Waals surface area contributed by atoms with Crippen molar-refractivity contribution >= 4 is 15.9 Å². The lowest BCUT2D eigenvalue weighted by molar-refractivity contribution is -0.138. The molecule has 2 atom stereocenters. The smallest absolute Gasteiger partial charge is 0.416 e. The number of aromatic nitrogens is 2. The van der Waals surface area contributed by atoms with Crippen molar-refractivity contribution < 1.29 is 31.1 Å². The Morgan fingerprint density at radius 3 is 2.55 bits per heavy atom. The maximum absolute atomic E-state index is 13.0. The van der Waals surface area contributed by atoms with Gasteiger partial charge in [-0.25, -0.2) is 13.4 Å². The van der Waals surface area contributed by atoms with Gasteiger partial charge in [0.25, 0.3) is 5.91 Å². The van der Waals surface area contributed by atoms with Crippen molar-refractivity contribution in [3.05, 3.63) is 47.9 Å². The predicted octanol–water partition coefficient (Wildman–Crippen LogP) is 2.43. The molecule has 1 aromatic carbocycles. The molecular weight excluding hydrogens is 461 g/mol. The molecule has 3 heterocycles. The van der Waals surface area contributed by atoms with Gasteiger partial charge in [-0.3, -0.25) is 9.78 Å². The first kappa shape index (κ1) is 22.1. The second-order valence-electron chi connectivity index (χ2n) is 8.47. The average Bonchev–Trinajstić information content (AvgIpc) is 3.59. The first-order valence-electron chi connectivity index (χ1n) is 10.6. The van der Waals surface area contributed by atoms with E-state index in [9.17, 15) is 26.4 Å². The molecule has 3 fully saturated rings. The number of halogens is 3. The van der Waals surface area contributed by atoms with E-state index in [0.29, 0.717) is 12.0 Å². The predicted molar refractivity (Wildman–Crippen MR) is 109 cm³/mol. The average molecular weight is 482 g/mol. The number of alkyl halides is 3. The Labute approximate surface area is 188 Å². The largest absolute Gasteiger partial charge is 0.463 e. The van der Waals surface area contributed by atoms with Gasteiger partial charge in [0.1, 0.15) is 0 Å². The number of nitrogens with zero attached hydrogens (tertiary/aromatic N) is 4. The molecule has 2 aromatic rings. The molecule has 1 amide bonds. The molecule has 1 saturated carbocycles. The lowest BCUT2D eigenvalue weighted by atomic mass is 10.2. The van der Waals surface area contributed by atoms with Gasteiger partial charge in [0.2, 0.25) is 15.9 Å². The highest BCUT2D eigenvalue weighted by atomic mass is 32.2. The highest BCUT2D eigenvalue weighted by molar-refractivity contribution is 7.89. The van der Waals surface area contributed by atoms with E-state index >= 15 is 0 Å². The van der Waals surface area contributed by atoms with Gasteiger partial charge in [0.15, 0.2) is 6.10 Å².